The predicted molar refractivity (Wildman–Crippen MR) is 81.1 cm³/mol. The van der Waals surface area contributed by atoms with Crippen molar-refractivity contribution in [2.45, 2.75) is 45.4 Å². The average Bonchev–Trinajstić information content (AvgIpc) is 2.82. The van der Waals surface area contributed by atoms with Gasteiger partial charge in [-0.2, -0.15) is 0 Å². The summed E-state index contributed by atoms with van der Waals surface area (Å²) < 4.78 is 7.63. The van der Waals surface area contributed by atoms with Gasteiger partial charge in [0.15, 0.2) is 0 Å². The zero-order valence-corrected chi connectivity index (χ0v) is 13.2. The van der Waals surface area contributed by atoms with Gasteiger partial charge in [0.25, 0.3) is 0 Å². The molecule has 0 atom stereocenters. The van der Waals surface area contributed by atoms with E-state index in [0.717, 1.165) is 25.5 Å². The molecule has 1 aromatic heterocycles. The number of rotatable bonds is 8. The van der Waals surface area contributed by atoms with Crippen molar-refractivity contribution >= 4 is 5.91 Å². The molecule has 1 fully saturated rings. The van der Waals surface area contributed by atoms with Crippen molar-refractivity contribution in [1.82, 2.24) is 19.8 Å². The molecule has 21 heavy (non-hydrogen) atoms. The number of likely N-dealkylation sites (tertiary alicyclic amines) is 1. The Morgan fingerprint density at radius 3 is 2.95 bits per heavy atom. The fourth-order valence-electron chi connectivity index (χ4n) is 2.40. The highest BCUT2D eigenvalue weighted by Crippen LogP contribution is 2.11. The molecule has 118 valence electrons. The number of aryl methyl sites for hydroxylation is 1. The number of aromatic nitrogens is 2. The van der Waals surface area contributed by atoms with E-state index in [4.69, 9.17) is 4.74 Å². The second-order valence-electron chi connectivity index (χ2n) is 5.74. The van der Waals surface area contributed by atoms with Gasteiger partial charge in [0.2, 0.25) is 5.91 Å². The number of hydrogen-bond donors (Lipinski definition) is 1. The fourth-order valence-corrected chi connectivity index (χ4v) is 2.40. The van der Waals surface area contributed by atoms with Crippen molar-refractivity contribution < 1.29 is 9.53 Å². The zero-order chi connectivity index (χ0) is 15.2. The summed E-state index contributed by atoms with van der Waals surface area (Å²) in [6.45, 7) is 7.16. The lowest BCUT2D eigenvalue weighted by atomic mass is 10.1. The molecule has 0 spiro atoms. The molecule has 1 aliphatic rings. The standard InChI is InChI=1S/C15H26N4O2/c1-12(2)21-9-8-18-7-6-17-14(18)4-5-15(20)19-10-13(11-19)16-3/h6-7,12-13,16H,4-5,8-11H2,1-3H3. The van der Waals surface area contributed by atoms with Crippen LogP contribution < -0.4 is 5.32 Å². The highest BCUT2D eigenvalue weighted by molar-refractivity contribution is 5.77. The van der Waals surface area contributed by atoms with Gasteiger partial charge in [0, 0.05) is 50.9 Å². The maximum Gasteiger partial charge on any atom is 0.223 e. The molecule has 0 unspecified atom stereocenters. The summed E-state index contributed by atoms with van der Waals surface area (Å²) in [6.07, 6.45) is 5.19. The Bertz CT molecular complexity index is 452. The van der Waals surface area contributed by atoms with Crippen LogP contribution in [-0.4, -0.2) is 59.2 Å². The Morgan fingerprint density at radius 2 is 2.29 bits per heavy atom. The molecule has 0 saturated carbocycles. The van der Waals surface area contributed by atoms with Crippen LogP contribution in [0.4, 0.5) is 0 Å². The molecular formula is C15H26N4O2. The Kier molecular flexibility index (Phi) is 5.76. The van der Waals surface area contributed by atoms with E-state index in [9.17, 15) is 4.79 Å². The fraction of sp³-hybridized carbons (Fsp3) is 0.733. The summed E-state index contributed by atoms with van der Waals surface area (Å²) in [7, 11) is 1.93. The molecule has 1 N–H and O–H groups in total. The molecule has 1 saturated heterocycles. The molecule has 0 aromatic carbocycles. The first-order chi connectivity index (χ1) is 10.1. The number of ether oxygens (including phenoxy) is 1. The van der Waals surface area contributed by atoms with Crippen molar-refractivity contribution in [2.24, 2.45) is 0 Å². The molecule has 6 nitrogen and oxygen atoms in total. The van der Waals surface area contributed by atoms with E-state index < -0.39 is 0 Å². The van der Waals surface area contributed by atoms with Crippen molar-refractivity contribution in [1.29, 1.82) is 0 Å². The minimum absolute atomic E-state index is 0.217. The zero-order valence-electron chi connectivity index (χ0n) is 13.2. The van der Waals surface area contributed by atoms with Gasteiger partial charge < -0.3 is 19.5 Å². The van der Waals surface area contributed by atoms with Crippen molar-refractivity contribution in [2.75, 3.05) is 26.7 Å². The largest absolute Gasteiger partial charge is 0.377 e. The molecule has 2 rings (SSSR count). The lowest BCUT2D eigenvalue weighted by Crippen LogP contribution is -2.58. The second kappa shape index (κ2) is 7.56. The van der Waals surface area contributed by atoms with Gasteiger partial charge in [-0.05, 0) is 20.9 Å². The van der Waals surface area contributed by atoms with Crippen molar-refractivity contribution in [3.8, 4) is 0 Å². The summed E-state index contributed by atoms with van der Waals surface area (Å²) in [5.41, 5.74) is 0. The van der Waals surface area contributed by atoms with Gasteiger partial charge >= 0.3 is 0 Å². The first-order valence-corrected chi connectivity index (χ1v) is 7.66. The van der Waals surface area contributed by atoms with E-state index in [-0.39, 0.29) is 12.0 Å². The van der Waals surface area contributed by atoms with E-state index in [1.165, 1.54) is 0 Å². The van der Waals surface area contributed by atoms with E-state index >= 15 is 0 Å². The van der Waals surface area contributed by atoms with Crippen LogP contribution in [0.1, 0.15) is 26.1 Å². The average molecular weight is 294 g/mol. The lowest BCUT2D eigenvalue weighted by Gasteiger charge is -2.39. The third-order valence-electron chi connectivity index (χ3n) is 3.79. The van der Waals surface area contributed by atoms with E-state index in [1.807, 2.05) is 32.0 Å². The van der Waals surface area contributed by atoms with Gasteiger partial charge in [0.1, 0.15) is 5.82 Å². The number of hydrogen-bond acceptors (Lipinski definition) is 4. The summed E-state index contributed by atoms with van der Waals surface area (Å²) in [5.74, 6) is 1.18. The Labute approximate surface area is 126 Å². The third kappa shape index (κ3) is 4.54. The van der Waals surface area contributed by atoms with Gasteiger partial charge in [-0.15, -0.1) is 0 Å². The quantitative estimate of drug-likeness (QED) is 0.765. The summed E-state index contributed by atoms with van der Waals surface area (Å²) in [5, 5.41) is 3.17. The van der Waals surface area contributed by atoms with Crippen LogP contribution in [0.15, 0.2) is 12.4 Å². The normalized spacial score (nSPS) is 15.5. The van der Waals surface area contributed by atoms with Crippen LogP contribution in [0.2, 0.25) is 0 Å². The number of likely N-dealkylation sites (N-methyl/N-ethyl adjacent to an activating group) is 1. The summed E-state index contributed by atoms with van der Waals surface area (Å²) >= 11 is 0. The number of carbonyl (C=O) groups excluding carboxylic acids is 1. The molecular weight excluding hydrogens is 268 g/mol. The van der Waals surface area contributed by atoms with E-state index in [2.05, 4.69) is 14.9 Å². The van der Waals surface area contributed by atoms with Crippen LogP contribution in [0.25, 0.3) is 0 Å². The minimum Gasteiger partial charge on any atom is -0.377 e. The number of nitrogens with one attached hydrogen (secondary N) is 1. The predicted octanol–water partition coefficient (Wildman–Crippen LogP) is 0.671. The highest BCUT2D eigenvalue weighted by atomic mass is 16.5. The third-order valence-corrected chi connectivity index (χ3v) is 3.79. The number of amides is 1. The van der Waals surface area contributed by atoms with E-state index in [0.29, 0.717) is 25.5 Å². The summed E-state index contributed by atoms with van der Waals surface area (Å²) in [6, 6.07) is 0.462. The van der Waals surface area contributed by atoms with Gasteiger partial charge in [-0.1, -0.05) is 0 Å². The topological polar surface area (TPSA) is 59.4 Å². The Balaban J connectivity index is 1.73. The molecule has 1 aliphatic heterocycles. The molecule has 2 heterocycles. The van der Waals surface area contributed by atoms with Crippen LogP contribution in [0, 0.1) is 0 Å². The van der Waals surface area contributed by atoms with Crippen LogP contribution >= 0.6 is 0 Å². The number of carbonyl (C=O) groups is 1. The minimum atomic E-state index is 0.217. The van der Waals surface area contributed by atoms with Crippen LogP contribution in [-0.2, 0) is 22.5 Å². The molecule has 0 radical (unpaired) electrons. The second-order valence-corrected chi connectivity index (χ2v) is 5.74. The molecule has 6 heteroatoms. The number of nitrogens with zero attached hydrogens (tertiary/aromatic N) is 3. The van der Waals surface area contributed by atoms with Gasteiger partial charge in [0.05, 0.1) is 12.7 Å². The number of imidazole rings is 1. The van der Waals surface area contributed by atoms with Crippen molar-refractivity contribution in [3.05, 3.63) is 18.2 Å². The summed E-state index contributed by atoms with van der Waals surface area (Å²) in [4.78, 5) is 18.3. The molecule has 1 amide bonds. The van der Waals surface area contributed by atoms with Crippen molar-refractivity contribution in [3.63, 3.8) is 0 Å². The lowest BCUT2D eigenvalue weighted by molar-refractivity contribution is -0.135. The maximum absolute atomic E-state index is 12.0. The van der Waals surface area contributed by atoms with E-state index in [1.54, 1.807) is 6.20 Å². The highest BCUT2D eigenvalue weighted by Gasteiger charge is 2.28. The first kappa shape index (κ1) is 16.0. The Morgan fingerprint density at radius 1 is 1.52 bits per heavy atom. The SMILES string of the molecule is CNC1CN(C(=O)CCc2nccn2CCOC(C)C)C1. The maximum atomic E-state index is 12.0. The van der Waals surface area contributed by atoms with Gasteiger partial charge in [-0.3, -0.25) is 4.79 Å². The Hall–Kier alpha value is -1.40. The smallest absolute Gasteiger partial charge is 0.223 e. The monoisotopic (exact) mass is 294 g/mol. The van der Waals surface area contributed by atoms with Gasteiger partial charge in [-0.25, -0.2) is 4.98 Å². The molecule has 0 aliphatic carbocycles. The van der Waals surface area contributed by atoms with Crippen LogP contribution in [0.3, 0.4) is 0 Å². The van der Waals surface area contributed by atoms with Crippen LogP contribution in [0.5, 0.6) is 0 Å². The molecule has 0 bridgehead atoms. The molecule has 1 aromatic rings. The first-order valence-electron chi connectivity index (χ1n) is 7.66.